The number of ether oxygens (including phenoxy) is 1. The van der Waals surface area contributed by atoms with E-state index < -0.39 is 30.7 Å². The third-order valence-electron chi connectivity index (χ3n) is 11.7. The zero-order valence-corrected chi connectivity index (χ0v) is 45.9. The van der Waals surface area contributed by atoms with Crippen molar-refractivity contribution in [1.82, 2.24) is 9.80 Å². The number of benzene rings is 2. The zero-order valence-electron chi connectivity index (χ0n) is 41.0. The van der Waals surface area contributed by atoms with Crippen LogP contribution in [0, 0.1) is 55.4 Å². The van der Waals surface area contributed by atoms with Crippen LogP contribution >= 0.6 is 45.3 Å². The van der Waals surface area contributed by atoms with Gasteiger partial charge in [-0.25, -0.2) is 0 Å². The molecule has 8 rings (SSSR count). The molecule has 0 saturated heterocycles. The molecule has 4 atom stereocenters. The summed E-state index contributed by atoms with van der Waals surface area (Å²) in [4.78, 5) is 13.1. The molecule has 4 aromatic heterocycles. The summed E-state index contributed by atoms with van der Waals surface area (Å²) in [6.07, 6.45) is 0. The molecule has 0 saturated carbocycles. The molecule has 0 aliphatic carbocycles. The van der Waals surface area contributed by atoms with Crippen LogP contribution in [0.1, 0.15) is 96.7 Å². The molecule has 2 aliphatic rings. The van der Waals surface area contributed by atoms with Crippen LogP contribution in [-0.2, 0) is 33.3 Å². The first kappa shape index (κ1) is 52.5. The molecule has 2 aliphatic heterocycles. The van der Waals surface area contributed by atoms with Crippen molar-refractivity contribution < 1.29 is 29.9 Å². The number of rotatable bonds is 10. The second-order valence-corrected chi connectivity index (χ2v) is 26.4. The lowest BCUT2D eigenvalue weighted by Gasteiger charge is -2.39. The van der Waals surface area contributed by atoms with Gasteiger partial charge >= 0.3 is 20.2 Å². The first-order chi connectivity index (χ1) is 31.6. The van der Waals surface area contributed by atoms with Crippen molar-refractivity contribution >= 4 is 88.2 Å². The van der Waals surface area contributed by atoms with Gasteiger partial charge in [-0.15, -0.1) is 45.3 Å². The van der Waals surface area contributed by atoms with Crippen LogP contribution in [-0.4, -0.2) is 80.1 Å². The molecule has 0 amide bonds. The molecular weight excluding hydrogens is 957 g/mol. The number of likely N-dealkylation sites (N-methyl/N-ethyl adjacent to an activating group) is 2. The van der Waals surface area contributed by atoms with Crippen LogP contribution in [0.25, 0.3) is 22.7 Å². The second-order valence-electron chi connectivity index (χ2n) is 17.2. The topological polar surface area (TPSA) is 102 Å². The molecule has 0 radical (unpaired) electrons. The summed E-state index contributed by atoms with van der Waals surface area (Å²) in [5.41, 5.74) is 7.21. The van der Waals surface area contributed by atoms with Crippen molar-refractivity contribution in [3.05, 3.63) is 157 Å². The normalized spacial score (nSPS) is 19.9. The lowest BCUT2D eigenvalue weighted by atomic mass is 9.89. The Hall–Kier alpha value is -3.90. The number of aryl methyl sites for hydroxylation is 8. The van der Waals surface area contributed by atoms with Crippen molar-refractivity contribution in [2.24, 2.45) is 0 Å². The molecule has 0 N–H and O–H groups in total. The van der Waals surface area contributed by atoms with E-state index in [0.29, 0.717) is 11.5 Å². The van der Waals surface area contributed by atoms with Gasteiger partial charge in [0, 0.05) is 74.5 Å². The standard InChI is InChI=1S/2C24H27NO3S3.C4H10O/c2*1-14-12-19(16(3)29-14)21-22(25(5)6)24(18-10-8-7-9-11-18)31(26,27)28-23(21)20-13-15(2)30-17(20)4;1-3-5-4-2/h2*7-13,22,24H,1-6H3;3-4H2,1-2H3/t2*22-,24+;/m10./s1. The summed E-state index contributed by atoms with van der Waals surface area (Å²) < 4.78 is 71.1. The van der Waals surface area contributed by atoms with Crippen molar-refractivity contribution in [2.75, 3.05) is 41.4 Å². The van der Waals surface area contributed by atoms with E-state index in [9.17, 15) is 16.8 Å². The van der Waals surface area contributed by atoms with E-state index in [-0.39, 0.29) is 12.1 Å². The summed E-state index contributed by atoms with van der Waals surface area (Å²) in [7, 11) is -0.0529. The van der Waals surface area contributed by atoms with Crippen LogP contribution in [0.5, 0.6) is 0 Å². The third kappa shape index (κ3) is 11.4. The van der Waals surface area contributed by atoms with Crippen molar-refractivity contribution in [3.8, 4) is 0 Å². The zero-order chi connectivity index (χ0) is 49.1. The molecular formula is C52H64N2O7S6. The lowest BCUT2D eigenvalue weighted by molar-refractivity contribution is 0.162. The molecule has 6 aromatic rings. The SMILES string of the molecule is CCOCC.Cc1cc(C2=C(c3cc(C)sc3C)[C@@H](N(C)C)[C@H](c3ccccc3)S(=O)(=O)O2)c(C)s1.Cc1cc(C2=C(c3cc(C)sc3C)[C@H](N(C)C)[C@@H](c3ccccc3)S(=O)(=O)O2)c(C)s1. The number of thiophene rings is 4. The monoisotopic (exact) mass is 1020 g/mol. The van der Waals surface area contributed by atoms with Crippen LogP contribution in [0.3, 0.4) is 0 Å². The first-order valence-corrected chi connectivity index (χ1v) is 28.5. The molecule has 9 nitrogen and oxygen atoms in total. The molecule has 0 spiro atoms. The Labute approximate surface area is 415 Å². The van der Waals surface area contributed by atoms with Crippen molar-refractivity contribution in [2.45, 2.75) is 91.8 Å². The third-order valence-corrected chi connectivity index (χ3v) is 18.7. The summed E-state index contributed by atoms with van der Waals surface area (Å²) in [6.45, 7) is 22.1. The minimum atomic E-state index is -3.91. The van der Waals surface area contributed by atoms with E-state index >= 15 is 0 Å². The molecule has 67 heavy (non-hydrogen) atoms. The summed E-state index contributed by atoms with van der Waals surface area (Å²) in [6, 6.07) is 26.4. The van der Waals surface area contributed by atoms with Crippen LogP contribution < -0.4 is 0 Å². The van der Waals surface area contributed by atoms with Gasteiger partial charge in [0.1, 0.15) is 10.5 Å². The molecule has 2 aromatic carbocycles. The quantitative estimate of drug-likeness (QED) is 0.124. The van der Waals surface area contributed by atoms with Gasteiger partial charge in [0.05, 0.1) is 12.1 Å². The van der Waals surface area contributed by atoms with Crippen LogP contribution in [0.2, 0.25) is 0 Å². The average Bonchev–Trinajstić information content (AvgIpc) is 3.99. The van der Waals surface area contributed by atoms with E-state index in [1.165, 1.54) is 9.75 Å². The van der Waals surface area contributed by atoms with Crippen LogP contribution in [0.15, 0.2) is 84.9 Å². The van der Waals surface area contributed by atoms with Crippen molar-refractivity contribution in [1.29, 1.82) is 0 Å². The molecule has 0 fully saturated rings. The molecule has 0 bridgehead atoms. The van der Waals surface area contributed by atoms with Gasteiger partial charge in [-0.3, -0.25) is 0 Å². The second kappa shape index (κ2) is 21.8. The highest BCUT2D eigenvalue weighted by molar-refractivity contribution is 7.87. The molecule has 6 heterocycles. The Morgan fingerprint density at radius 2 is 0.761 bits per heavy atom. The highest BCUT2D eigenvalue weighted by Gasteiger charge is 2.49. The van der Waals surface area contributed by atoms with E-state index in [1.807, 2.05) is 152 Å². The maximum atomic E-state index is 13.6. The fraction of sp³-hybridized carbons (Fsp3) is 0.385. The number of hydrogen-bond acceptors (Lipinski definition) is 13. The van der Waals surface area contributed by atoms with Gasteiger partial charge < -0.3 is 22.9 Å². The van der Waals surface area contributed by atoms with Gasteiger partial charge in [-0.1, -0.05) is 60.7 Å². The molecule has 0 unspecified atom stereocenters. The predicted octanol–water partition coefficient (Wildman–Crippen LogP) is 12.9. The molecule has 15 heteroatoms. The highest BCUT2D eigenvalue weighted by Crippen LogP contribution is 2.51. The van der Waals surface area contributed by atoms with Crippen molar-refractivity contribution in [3.63, 3.8) is 0 Å². The first-order valence-electron chi connectivity index (χ1n) is 22.3. The Morgan fingerprint density at radius 3 is 0.985 bits per heavy atom. The Kier molecular flexibility index (Phi) is 17.1. The fourth-order valence-electron chi connectivity index (χ4n) is 9.01. The van der Waals surface area contributed by atoms with Crippen LogP contribution in [0.4, 0.5) is 0 Å². The minimum Gasteiger partial charge on any atom is -0.382 e. The van der Waals surface area contributed by atoms with E-state index in [4.69, 9.17) is 13.1 Å². The number of hydrogen-bond donors (Lipinski definition) is 0. The van der Waals surface area contributed by atoms with E-state index in [2.05, 4.69) is 39.8 Å². The van der Waals surface area contributed by atoms with Gasteiger partial charge in [0.25, 0.3) is 0 Å². The van der Waals surface area contributed by atoms with Gasteiger partial charge in [0.15, 0.2) is 11.5 Å². The van der Waals surface area contributed by atoms with E-state index in [0.717, 1.165) is 87.0 Å². The Bertz CT molecular complexity index is 2760. The predicted molar refractivity (Wildman–Crippen MR) is 284 cm³/mol. The Balaban J connectivity index is 0.000000201. The maximum absolute atomic E-state index is 13.6. The van der Waals surface area contributed by atoms with E-state index in [1.54, 1.807) is 45.3 Å². The summed E-state index contributed by atoms with van der Waals surface area (Å²) >= 11 is 6.76. The minimum absolute atomic E-state index is 0.386. The average molecular weight is 1020 g/mol. The smallest absolute Gasteiger partial charge is 0.318 e. The summed E-state index contributed by atoms with van der Waals surface area (Å²) in [5.74, 6) is 0.933. The fourth-order valence-corrected chi connectivity index (χ4v) is 16.1. The maximum Gasteiger partial charge on any atom is 0.318 e. The Morgan fingerprint density at radius 1 is 0.478 bits per heavy atom. The lowest BCUT2D eigenvalue weighted by Crippen LogP contribution is -2.42. The largest absolute Gasteiger partial charge is 0.382 e. The molecule has 360 valence electrons. The summed E-state index contributed by atoms with van der Waals surface area (Å²) in [5, 5.41) is -1.64. The highest BCUT2D eigenvalue weighted by atomic mass is 32.2. The van der Waals surface area contributed by atoms with Gasteiger partial charge in [-0.2, -0.15) is 16.8 Å². The van der Waals surface area contributed by atoms with Gasteiger partial charge in [-0.05, 0) is 144 Å². The number of nitrogens with zero attached hydrogens (tertiary/aromatic N) is 2. The van der Waals surface area contributed by atoms with Gasteiger partial charge in [0.2, 0.25) is 0 Å².